The molecule has 6 rings (SSSR count). The molecule has 1 aromatic heterocycles. The minimum absolute atomic E-state index is 0.00984. The van der Waals surface area contributed by atoms with E-state index < -0.39 is 73.4 Å². The van der Waals surface area contributed by atoms with Crippen LogP contribution < -0.4 is 13.2 Å². The molecule has 0 amide bonds. The highest BCUT2D eigenvalue weighted by Crippen LogP contribution is 2.45. The summed E-state index contributed by atoms with van der Waals surface area (Å²) < 4.78 is 135. The molecule has 0 radical (unpaired) electrons. The number of sulfonamides is 1. The van der Waals surface area contributed by atoms with Gasteiger partial charge in [0.25, 0.3) is 30.4 Å². The molecule has 0 aliphatic carbocycles. The number of hydrogen-bond donors (Lipinski definition) is 4. The lowest BCUT2D eigenvalue weighted by atomic mass is 9.80. The molecular weight excluding hydrogens is 1160 g/mol. The first-order valence-electron chi connectivity index (χ1n) is 26.1. The molecule has 26 heteroatoms. The van der Waals surface area contributed by atoms with Gasteiger partial charge in [-0.05, 0) is 131 Å². The number of aliphatic carboxylic acids is 1. The second-order valence-corrected chi connectivity index (χ2v) is 28.9. The smallest absolute Gasteiger partial charge is 0.327 e. The summed E-state index contributed by atoms with van der Waals surface area (Å²) in [5, 5.41) is 6.82. The molecule has 2 atom stereocenters. The molecule has 0 saturated heterocycles. The number of rotatable bonds is 26. The van der Waals surface area contributed by atoms with Crippen LogP contribution in [0, 0.1) is 29.1 Å². The number of fused-ring (bicyclic) bond motifs is 2. The van der Waals surface area contributed by atoms with Gasteiger partial charge in [0.1, 0.15) is 12.0 Å². The Morgan fingerprint density at radius 1 is 0.793 bits per heavy atom. The van der Waals surface area contributed by atoms with Crippen LogP contribution >= 0.6 is 12.2 Å². The number of anilines is 2. The third kappa shape index (κ3) is 17.7. The van der Waals surface area contributed by atoms with Crippen molar-refractivity contribution < 1.29 is 71.0 Å². The lowest BCUT2D eigenvalue weighted by Gasteiger charge is -2.30. The van der Waals surface area contributed by atoms with Crippen LogP contribution in [0.1, 0.15) is 109 Å². The number of unbranched alkanes of at least 4 members (excludes halogenated alkanes) is 2. The number of nitrogens with zero attached hydrogens (tertiary/aromatic N) is 6. The molecule has 4 N–H and O–H groups in total. The summed E-state index contributed by atoms with van der Waals surface area (Å²) in [5.41, 5.74) is 5.13. The Kier molecular flexibility index (Phi) is 21.4. The Balaban J connectivity index is 1.27. The Hall–Kier alpha value is -6.17. The molecule has 0 spiro atoms. The van der Waals surface area contributed by atoms with E-state index in [4.69, 9.17) is 24.3 Å². The van der Waals surface area contributed by atoms with Crippen molar-refractivity contribution in [3.05, 3.63) is 130 Å². The van der Waals surface area contributed by atoms with Gasteiger partial charge in [-0.25, -0.2) is 22.9 Å². The van der Waals surface area contributed by atoms with E-state index in [1.165, 1.54) is 25.3 Å². The van der Waals surface area contributed by atoms with Gasteiger partial charge in [-0.15, -0.1) is 4.33 Å². The molecular formula is C56H69N6O15S5+. The van der Waals surface area contributed by atoms with Crippen LogP contribution in [0.4, 0.5) is 17.2 Å². The summed E-state index contributed by atoms with van der Waals surface area (Å²) in [6.07, 6.45) is 13.9. The van der Waals surface area contributed by atoms with Crippen LogP contribution in [0.25, 0.3) is 0 Å². The first kappa shape index (κ1) is 65.0. The monoisotopic (exact) mass is 1230 g/mol. The number of aryl methyl sites for hydroxylation is 1. The van der Waals surface area contributed by atoms with Gasteiger partial charge in [-0.2, -0.15) is 25.3 Å². The number of amidine groups is 1. The van der Waals surface area contributed by atoms with Crippen molar-refractivity contribution in [2.45, 2.75) is 109 Å². The van der Waals surface area contributed by atoms with Crippen molar-refractivity contribution in [3.8, 4) is 23.7 Å². The zero-order valence-electron chi connectivity index (χ0n) is 46.8. The minimum atomic E-state index is -4.34. The van der Waals surface area contributed by atoms with E-state index in [0.717, 1.165) is 29.6 Å². The van der Waals surface area contributed by atoms with Crippen molar-refractivity contribution in [1.82, 2.24) is 4.90 Å². The topological polar surface area (TPSA) is 291 Å². The first-order valence-corrected chi connectivity index (χ1v) is 33.3. The highest BCUT2D eigenvalue weighted by Gasteiger charge is 2.44. The number of pyridine rings is 1. The molecule has 21 nitrogen and oxygen atoms in total. The predicted octanol–water partition coefficient (Wildman–Crippen LogP) is 7.76. The summed E-state index contributed by atoms with van der Waals surface area (Å²) in [4.78, 5) is 27.6. The van der Waals surface area contributed by atoms with Crippen molar-refractivity contribution in [3.63, 3.8) is 0 Å². The average Bonchev–Trinajstić information content (AvgIpc) is 4.05. The van der Waals surface area contributed by atoms with Crippen molar-refractivity contribution in [2.75, 3.05) is 47.4 Å². The van der Waals surface area contributed by atoms with E-state index in [1.54, 1.807) is 65.2 Å². The lowest BCUT2D eigenvalue weighted by Crippen LogP contribution is -2.38. The maximum absolute atomic E-state index is 12.7. The van der Waals surface area contributed by atoms with Crippen LogP contribution in [0.5, 0.6) is 0 Å². The fourth-order valence-electron chi connectivity index (χ4n) is 8.95. The molecule has 442 valence electrons. The summed E-state index contributed by atoms with van der Waals surface area (Å²) in [7, 11) is -15.1. The number of carbonyl (C=O) groups is 1. The number of carboxylic acid groups (broad SMARTS) is 1. The SMILES string of the molecule is COOSN(CCCS(=O)(=O)O)c1ccc(C#Cc2cc3c([n+](CCC(C)S(=O)(=O)O)c2)N=C(C=CC=C2N=C4C(=CC(C#Cc5ccc(N(CCCCCC(=O)O)S(C)(=O)=O)cc5)=CN4CCC(C)S(=O)(=O)O)C2(C)C)C3(C)C)cc1. The van der Waals surface area contributed by atoms with Gasteiger partial charge in [-0.1, -0.05) is 50.0 Å². The molecule has 2 aromatic carbocycles. The number of allylic oxidation sites excluding steroid dienone is 6. The molecule has 4 heterocycles. The van der Waals surface area contributed by atoms with Crippen molar-refractivity contribution >= 4 is 87.3 Å². The Morgan fingerprint density at radius 2 is 1.40 bits per heavy atom. The maximum Gasteiger partial charge on any atom is 0.327 e. The van der Waals surface area contributed by atoms with E-state index in [2.05, 4.69) is 23.7 Å². The Labute approximate surface area is 486 Å². The van der Waals surface area contributed by atoms with Crippen LogP contribution in [0.3, 0.4) is 0 Å². The molecule has 3 aromatic rings. The molecule has 0 bridgehead atoms. The molecule has 2 unspecified atom stereocenters. The van der Waals surface area contributed by atoms with Gasteiger partial charge in [-0.3, -0.25) is 27.1 Å². The van der Waals surface area contributed by atoms with Crippen LogP contribution in [0.2, 0.25) is 0 Å². The van der Waals surface area contributed by atoms with Crippen LogP contribution in [-0.2, 0) is 66.4 Å². The van der Waals surface area contributed by atoms with Gasteiger partial charge < -0.3 is 10.0 Å². The Morgan fingerprint density at radius 3 is 2.00 bits per heavy atom. The number of carboxylic acids is 1. The zero-order valence-corrected chi connectivity index (χ0v) is 50.9. The number of aliphatic imine (C=N–C) groups is 2. The van der Waals surface area contributed by atoms with Gasteiger partial charge in [0.05, 0.1) is 64.1 Å². The van der Waals surface area contributed by atoms with E-state index in [-0.39, 0.29) is 51.9 Å². The number of aromatic nitrogens is 1. The van der Waals surface area contributed by atoms with Gasteiger partial charge in [0, 0.05) is 72.1 Å². The summed E-state index contributed by atoms with van der Waals surface area (Å²) >= 11 is 0.851. The second-order valence-electron chi connectivity index (χ2n) is 21.0. The third-order valence-electron chi connectivity index (χ3n) is 14.0. The van der Waals surface area contributed by atoms with Gasteiger partial charge in [0.2, 0.25) is 10.0 Å². The predicted molar refractivity (Wildman–Crippen MR) is 317 cm³/mol. The first-order chi connectivity index (χ1) is 38.3. The van der Waals surface area contributed by atoms with Crippen LogP contribution in [-0.4, -0.2) is 124 Å². The maximum atomic E-state index is 12.7. The standard InChI is InChI=1S/C56H68N6O15S5/c1-40(81(70,71)72)29-33-59-38-44(19-17-42-21-25-46(26-22-42)61(78-77-76-7)31-13-35-80(67,68)69)36-48-53(59)57-50(55(48,3)4)14-12-15-51-56(5,6)49-37-45(39-60(54(49)58-51)34-30-41(2)82(73,74)75)20-18-43-23-27-47(28-24-43)62(79(8,65)66)32-11-9-10-16-52(63)64/h12,14-15,21-28,36-41H,9-11,13,16,29-35H2,1-8H3,(H3-,63,64,67,68,69,70,71,72,73,74,75)/p+1. The Bertz CT molecular complexity index is 3680. The highest BCUT2D eigenvalue weighted by molar-refractivity contribution is 7.96. The molecule has 0 saturated carbocycles. The minimum Gasteiger partial charge on any atom is -0.481 e. The molecule has 0 fully saturated rings. The average molecular weight is 1230 g/mol. The van der Waals surface area contributed by atoms with E-state index >= 15 is 0 Å². The van der Waals surface area contributed by atoms with Gasteiger partial charge >= 0.3 is 11.8 Å². The third-order valence-corrected chi connectivity index (χ3v) is 19.3. The quantitative estimate of drug-likeness (QED) is 0.00872. The van der Waals surface area contributed by atoms with Crippen molar-refractivity contribution in [2.24, 2.45) is 15.4 Å². The summed E-state index contributed by atoms with van der Waals surface area (Å²) in [6, 6.07) is 15.8. The highest BCUT2D eigenvalue weighted by atomic mass is 32.2. The normalized spacial score (nSPS) is 16.9. The zero-order chi connectivity index (χ0) is 60.4. The summed E-state index contributed by atoms with van der Waals surface area (Å²) in [6.45, 7) is 11.6. The number of hydrogen-bond acceptors (Lipinski definition) is 16. The molecule has 3 aliphatic rings. The van der Waals surface area contributed by atoms with E-state index in [9.17, 15) is 52.1 Å². The largest absolute Gasteiger partial charge is 0.481 e. The van der Waals surface area contributed by atoms with E-state index in [0.29, 0.717) is 76.0 Å². The molecule has 82 heavy (non-hydrogen) atoms. The lowest BCUT2D eigenvalue weighted by molar-refractivity contribution is -0.684. The van der Waals surface area contributed by atoms with Crippen LogP contribution in [0.15, 0.2) is 118 Å². The van der Waals surface area contributed by atoms with E-state index in [1.807, 2.05) is 67.5 Å². The van der Waals surface area contributed by atoms with Crippen molar-refractivity contribution in [1.29, 1.82) is 0 Å². The second kappa shape index (κ2) is 27.0. The summed E-state index contributed by atoms with van der Waals surface area (Å²) in [5.74, 6) is 12.6. The fraction of sp³-hybridized carbons (Fsp3) is 0.429. The number of benzene rings is 2. The molecule has 3 aliphatic heterocycles. The fourth-order valence-corrected chi connectivity index (χ4v) is 11.8. The van der Waals surface area contributed by atoms with Gasteiger partial charge in [0.15, 0.2) is 17.9 Å².